The maximum Gasteiger partial charge on any atom is 0.136 e. The molecule has 1 unspecified atom stereocenters. The van der Waals surface area contributed by atoms with Gasteiger partial charge in [-0.05, 0) is 6.42 Å². The Hall–Kier alpha value is -0.480. The largest absolute Gasteiger partial charge is 0.378 e. The van der Waals surface area contributed by atoms with E-state index in [4.69, 9.17) is 10.8 Å². The van der Waals surface area contributed by atoms with Crippen LogP contribution in [0.3, 0.4) is 0 Å². The Labute approximate surface area is 85.0 Å². The number of carbonyl (C=O) groups is 1. The van der Waals surface area contributed by atoms with Crippen LogP contribution in [0.5, 0.6) is 0 Å². The van der Waals surface area contributed by atoms with E-state index in [1.807, 2.05) is 0 Å². The molecule has 0 aliphatic heterocycles. The first-order valence-electron chi connectivity index (χ1n) is 5.12. The molecule has 0 bridgehead atoms. The van der Waals surface area contributed by atoms with Crippen molar-refractivity contribution in [2.75, 3.05) is 0 Å². The zero-order chi connectivity index (χ0) is 10.1. The lowest BCUT2D eigenvalue weighted by molar-refractivity contribution is -0.120. The number of halogens is 1. The number of hydrogen-bond acceptors (Lipinski definition) is 3. The number of aliphatic hydroxyl groups is 1. The third kappa shape index (κ3) is 11.5. The van der Waals surface area contributed by atoms with Crippen LogP contribution in [-0.4, -0.2) is 17.1 Å². The van der Waals surface area contributed by atoms with E-state index in [1.165, 1.54) is 19.3 Å². The smallest absolute Gasteiger partial charge is 0.136 e. The van der Waals surface area contributed by atoms with Crippen LogP contribution in [0.25, 0.3) is 0 Å². The standard InChI is InChI=1S/C10H21NO2.FH/c1-2-3-4-5-6-7-9(12)8-10(11)13;/h10,13H,2-8,11H2,1H3;1H. The molecule has 0 aromatic heterocycles. The monoisotopic (exact) mass is 207 g/mol. The molecule has 4 heteroatoms. The summed E-state index contributed by atoms with van der Waals surface area (Å²) in [6, 6.07) is 0. The number of nitrogens with two attached hydrogens (primary N) is 1. The van der Waals surface area contributed by atoms with Crippen LogP contribution in [0.2, 0.25) is 0 Å². The normalized spacial score (nSPS) is 11.9. The quantitative estimate of drug-likeness (QED) is 0.470. The lowest BCUT2D eigenvalue weighted by atomic mass is 10.1. The fraction of sp³-hybridized carbons (Fsp3) is 0.900. The van der Waals surface area contributed by atoms with Gasteiger partial charge in [-0.1, -0.05) is 32.6 Å². The van der Waals surface area contributed by atoms with Gasteiger partial charge in [0.05, 0.1) is 0 Å². The Morgan fingerprint density at radius 1 is 1.29 bits per heavy atom. The fourth-order valence-corrected chi connectivity index (χ4v) is 1.26. The van der Waals surface area contributed by atoms with Crippen LogP contribution in [0.15, 0.2) is 0 Å². The molecular weight excluding hydrogens is 185 g/mol. The van der Waals surface area contributed by atoms with Crippen molar-refractivity contribution in [2.24, 2.45) is 5.73 Å². The Balaban J connectivity index is 0. The van der Waals surface area contributed by atoms with E-state index in [2.05, 4.69) is 6.92 Å². The molecule has 0 heterocycles. The van der Waals surface area contributed by atoms with Crippen LogP contribution in [0, 0.1) is 0 Å². The van der Waals surface area contributed by atoms with Gasteiger partial charge in [-0.3, -0.25) is 9.50 Å². The lowest BCUT2D eigenvalue weighted by Gasteiger charge is -2.03. The minimum Gasteiger partial charge on any atom is -0.378 e. The van der Waals surface area contributed by atoms with Crippen LogP contribution in [0.1, 0.15) is 51.9 Å². The number of carbonyl (C=O) groups excluding carboxylic acids is 1. The van der Waals surface area contributed by atoms with E-state index in [0.29, 0.717) is 6.42 Å². The van der Waals surface area contributed by atoms with E-state index >= 15 is 0 Å². The molecule has 0 radical (unpaired) electrons. The molecule has 86 valence electrons. The van der Waals surface area contributed by atoms with Crippen LogP contribution in [-0.2, 0) is 4.79 Å². The van der Waals surface area contributed by atoms with Crippen LogP contribution in [0.4, 0.5) is 4.70 Å². The summed E-state index contributed by atoms with van der Waals surface area (Å²) in [5.41, 5.74) is 5.08. The molecule has 0 saturated carbocycles. The highest BCUT2D eigenvalue weighted by molar-refractivity contribution is 5.78. The van der Waals surface area contributed by atoms with Gasteiger partial charge in [0.1, 0.15) is 12.0 Å². The number of Topliss-reactive ketones (excluding diaryl/α,β-unsaturated/α-hetero) is 1. The second kappa shape index (κ2) is 10.6. The molecule has 0 aromatic rings. The maximum atomic E-state index is 11.0. The third-order valence-electron chi connectivity index (χ3n) is 2.00. The Kier molecular flexibility index (Phi) is 12.1. The Morgan fingerprint density at radius 2 is 1.86 bits per heavy atom. The summed E-state index contributed by atoms with van der Waals surface area (Å²) >= 11 is 0. The van der Waals surface area contributed by atoms with Crippen molar-refractivity contribution in [3.8, 4) is 0 Å². The van der Waals surface area contributed by atoms with Gasteiger partial charge >= 0.3 is 0 Å². The van der Waals surface area contributed by atoms with Crippen molar-refractivity contribution >= 4 is 5.78 Å². The van der Waals surface area contributed by atoms with Crippen molar-refractivity contribution in [1.29, 1.82) is 0 Å². The highest BCUT2D eigenvalue weighted by atomic mass is 19.0. The topological polar surface area (TPSA) is 63.3 Å². The average Bonchev–Trinajstić information content (AvgIpc) is 2.02. The predicted molar refractivity (Wildman–Crippen MR) is 55.7 cm³/mol. The summed E-state index contributed by atoms with van der Waals surface area (Å²) < 4.78 is 0. The first kappa shape index (κ1) is 16.0. The molecule has 0 aromatic carbocycles. The third-order valence-corrected chi connectivity index (χ3v) is 2.00. The maximum absolute atomic E-state index is 11.0. The van der Waals surface area contributed by atoms with Crippen LogP contribution >= 0.6 is 0 Å². The second-order valence-corrected chi connectivity index (χ2v) is 3.47. The van der Waals surface area contributed by atoms with Gasteiger partial charge in [-0.25, -0.2) is 0 Å². The number of hydrogen-bond donors (Lipinski definition) is 2. The van der Waals surface area contributed by atoms with Crippen LogP contribution < -0.4 is 5.73 Å². The molecule has 0 aliphatic rings. The van der Waals surface area contributed by atoms with Crippen molar-refractivity contribution in [3.63, 3.8) is 0 Å². The van der Waals surface area contributed by atoms with Crippen molar-refractivity contribution in [2.45, 2.75) is 58.1 Å². The lowest BCUT2D eigenvalue weighted by Crippen LogP contribution is -2.22. The molecule has 0 aliphatic carbocycles. The molecule has 14 heavy (non-hydrogen) atoms. The van der Waals surface area contributed by atoms with E-state index < -0.39 is 6.23 Å². The zero-order valence-electron chi connectivity index (χ0n) is 8.87. The van der Waals surface area contributed by atoms with Gasteiger partial charge in [0.15, 0.2) is 0 Å². The van der Waals surface area contributed by atoms with Gasteiger partial charge in [0.25, 0.3) is 0 Å². The zero-order valence-corrected chi connectivity index (χ0v) is 8.87. The number of ketones is 1. The fourth-order valence-electron chi connectivity index (χ4n) is 1.26. The summed E-state index contributed by atoms with van der Waals surface area (Å²) in [5, 5.41) is 8.72. The number of unbranched alkanes of at least 4 members (excludes halogenated alkanes) is 4. The van der Waals surface area contributed by atoms with E-state index in [9.17, 15) is 4.79 Å². The summed E-state index contributed by atoms with van der Waals surface area (Å²) in [5.74, 6) is 0.0755. The summed E-state index contributed by atoms with van der Waals surface area (Å²) in [6.45, 7) is 2.16. The molecule has 3 nitrogen and oxygen atoms in total. The first-order valence-corrected chi connectivity index (χ1v) is 5.12. The summed E-state index contributed by atoms with van der Waals surface area (Å²) in [4.78, 5) is 11.0. The van der Waals surface area contributed by atoms with Gasteiger partial charge in [0, 0.05) is 12.8 Å². The molecule has 0 spiro atoms. The molecule has 1 atom stereocenters. The van der Waals surface area contributed by atoms with Crippen molar-refractivity contribution in [3.05, 3.63) is 0 Å². The minimum atomic E-state index is -0.969. The molecule has 0 fully saturated rings. The van der Waals surface area contributed by atoms with Gasteiger partial charge in [-0.2, -0.15) is 0 Å². The van der Waals surface area contributed by atoms with Gasteiger partial charge in [-0.15, -0.1) is 0 Å². The van der Waals surface area contributed by atoms with E-state index in [-0.39, 0.29) is 16.9 Å². The SMILES string of the molecule is CCCCCCCC(=O)CC(N)O.F. The Bertz CT molecular complexity index is 140. The predicted octanol–water partition coefficient (Wildman–Crippen LogP) is 1.74. The van der Waals surface area contributed by atoms with Gasteiger partial charge in [0.2, 0.25) is 0 Å². The van der Waals surface area contributed by atoms with Crippen molar-refractivity contribution < 1.29 is 14.6 Å². The van der Waals surface area contributed by atoms with E-state index in [0.717, 1.165) is 12.8 Å². The minimum absolute atomic E-state index is 0. The second-order valence-electron chi connectivity index (χ2n) is 3.47. The van der Waals surface area contributed by atoms with Gasteiger partial charge < -0.3 is 10.8 Å². The number of rotatable bonds is 8. The highest BCUT2D eigenvalue weighted by Gasteiger charge is 2.05. The molecule has 0 saturated heterocycles. The summed E-state index contributed by atoms with van der Waals surface area (Å²) in [7, 11) is 0. The molecule has 0 amide bonds. The molecule has 0 rings (SSSR count). The molecular formula is C10H22FNO2. The summed E-state index contributed by atoms with van der Waals surface area (Å²) in [6.07, 6.45) is 5.42. The van der Waals surface area contributed by atoms with E-state index in [1.54, 1.807) is 0 Å². The molecule has 3 N–H and O–H groups in total. The van der Waals surface area contributed by atoms with Crippen molar-refractivity contribution in [1.82, 2.24) is 0 Å². The Morgan fingerprint density at radius 3 is 2.36 bits per heavy atom. The number of aliphatic hydroxyl groups excluding tert-OH is 1. The highest BCUT2D eigenvalue weighted by Crippen LogP contribution is 2.06. The average molecular weight is 207 g/mol. The first-order chi connectivity index (χ1) is 6.16.